The van der Waals surface area contributed by atoms with Crippen LogP contribution in [-0.2, 0) is 6.18 Å². The van der Waals surface area contributed by atoms with Crippen LogP contribution in [0.25, 0.3) is 0 Å². The number of anilines is 1. The Morgan fingerprint density at radius 2 is 2.00 bits per heavy atom. The number of nitrogen functional groups attached to an aromatic ring is 1. The van der Waals surface area contributed by atoms with Gasteiger partial charge in [-0.15, -0.1) is 0 Å². The molecule has 100 valence electrons. The molecule has 1 saturated carbocycles. The number of rotatable bonds is 1. The van der Waals surface area contributed by atoms with Crippen LogP contribution >= 0.6 is 0 Å². The summed E-state index contributed by atoms with van der Waals surface area (Å²) < 4.78 is 63.6. The maximum Gasteiger partial charge on any atom is 0.435 e. The van der Waals surface area contributed by atoms with E-state index in [1.165, 1.54) is 0 Å². The zero-order valence-corrected chi connectivity index (χ0v) is 9.14. The standard InChI is InChI=1S/C10H10F5N3/c11-9(12)2-1-5(3-9)8-17-4-6(16)7(18-8)10(13,14)15/h4-5H,1-3,16H2. The van der Waals surface area contributed by atoms with Gasteiger partial charge in [-0.25, -0.2) is 18.7 Å². The Hall–Kier alpha value is -1.47. The lowest BCUT2D eigenvalue weighted by molar-refractivity contribution is -0.140. The molecule has 2 rings (SSSR count). The molecule has 0 aromatic carbocycles. The van der Waals surface area contributed by atoms with Crippen LogP contribution < -0.4 is 5.73 Å². The molecule has 1 aliphatic carbocycles. The fourth-order valence-corrected chi connectivity index (χ4v) is 2.00. The highest BCUT2D eigenvalue weighted by atomic mass is 19.4. The summed E-state index contributed by atoms with van der Waals surface area (Å²) in [6, 6.07) is 0. The molecule has 1 aliphatic rings. The molecule has 1 aromatic rings. The summed E-state index contributed by atoms with van der Waals surface area (Å²) in [6.07, 6.45) is -4.68. The van der Waals surface area contributed by atoms with Crippen LogP contribution in [0.1, 0.15) is 36.7 Å². The summed E-state index contributed by atoms with van der Waals surface area (Å²) in [5.74, 6) is -3.82. The van der Waals surface area contributed by atoms with Crippen LogP contribution in [0.2, 0.25) is 0 Å². The predicted molar refractivity (Wildman–Crippen MR) is 53.0 cm³/mol. The Morgan fingerprint density at radius 3 is 2.50 bits per heavy atom. The van der Waals surface area contributed by atoms with Gasteiger partial charge in [-0.2, -0.15) is 13.2 Å². The van der Waals surface area contributed by atoms with Crippen molar-refractivity contribution in [2.24, 2.45) is 0 Å². The predicted octanol–water partition coefficient (Wildman–Crippen LogP) is 2.98. The van der Waals surface area contributed by atoms with Crippen LogP contribution in [-0.4, -0.2) is 15.9 Å². The van der Waals surface area contributed by atoms with E-state index in [1.54, 1.807) is 0 Å². The van der Waals surface area contributed by atoms with Crippen molar-refractivity contribution in [3.63, 3.8) is 0 Å². The lowest BCUT2D eigenvalue weighted by atomic mass is 10.1. The van der Waals surface area contributed by atoms with Crippen molar-refractivity contribution in [2.75, 3.05) is 5.73 Å². The summed E-state index contributed by atoms with van der Waals surface area (Å²) >= 11 is 0. The monoisotopic (exact) mass is 267 g/mol. The van der Waals surface area contributed by atoms with E-state index in [4.69, 9.17) is 5.73 Å². The molecule has 8 heteroatoms. The minimum absolute atomic E-state index is 0.0776. The first-order valence-corrected chi connectivity index (χ1v) is 5.26. The molecular weight excluding hydrogens is 257 g/mol. The molecule has 0 amide bonds. The van der Waals surface area contributed by atoms with Gasteiger partial charge in [0.2, 0.25) is 5.92 Å². The zero-order valence-electron chi connectivity index (χ0n) is 9.14. The number of nitrogens with zero attached hydrogens (tertiary/aromatic N) is 2. The lowest BCUT2D eigenvalue weighted by Crippen LogP contribution is -2.16. The molecule has 1 fully saturated rings. The fraction of sp³-hybridized carbons (Fsp3) is 0.600. The number of hydrogen-bond acceptors (Lipinski definition) is 3. The number of halogens is 5. The van der Waals surface area contributed by atoms with Gasteiger partial charge in [-0.05, 0) is 6.42 Å². The van der Waals surface area contributed by atoms with Crippen molar-refractivity contribution >= 4 is 5.69 Å². The Kier molecular flexibility index (Phi) is 2.90. The molecule has 0 saturated heterocycles. The maximum absolute atomic E-state index is 13.0. The second-order valence-electron chi connectivity index (χ2n) is 4.33. The minimum atomic E-state index is -4.71. The summed E-state index contributed by atoms with van der Waals surface area (Å²) in [5.41, 5.74) is 3.27. The summed E-state index contributed by atoms with van der Waals surface area (Å²) in [5, 5.41) is 0. The van der Waals surface area contributed by atoms with E-state index in [0.29, 0.717) is 0 Å². The van der Waals surface area contributed by atoms with E-state index in [9.17, 15) is 22.0 Å². The highest BCUT2D eigenvalue weighted by molar-refractivity contribution is 5.42. The van der Waals surface area contributed by atoms with Gasteiger partial charge in [0.15, 0.2) is 5.69 Å². The molecule has 0 aliphatic heterocycles. The lowest BCUT2D eigenvalue weighted by Gasteiger charge is -2.13. The van der Waals surface area contributed by atoms with E-state index >= 15 is 0 Å². The number of hydrogen-bond donors (Lipinski definition) is 1. The van der Waals surface area contributed by atoms with Crippen LogP contribution in [0.15, 0.2) is 6.20 Å². The first kappa shape index (κ1) is 13.0. The topological polar surface area (TPSA) is 51.8 Å². The molecule has 0 radical (unpaired) electrons. The van der Waals surface area contributed by atoms with E-state index in [2.05, 4.69) is 9.97 Å². The van der Waals surface area contributed by atoms with Gasteiger partial charge in [0.1, 0.15) is 5.82 Å². The minimum Gasteiger partial charge on any atom is -0.396 e. The van der Waals surface area contributed by atoms with Crippen molar-refractivity contribution in [1.82, 2.24) is 9.97 Å². The molecular formula is C10H10F5N3. The van der Waals surface area contributed by atoms with Crippen LogP contribution in [0.5, 0.6) is 0 Å². The van der Waals surface area contributed by atoms with E-state index in [-0.39, 0.29) is 18.7 Å². The molecule has 2 N–H and O–H groups in total. The van der Waals surface area contributed by atoms with Gasteiger partial charge >= 0.3 is 6.18 Å². The van der Waals surface area contributed by atoms with Gasteiger partial charge in [-0.1, -0.05) is 0 Å². The van der Waals surface area contributed by atoms with Crippen LogP contribution in [0.4, 0.5) is 27.6 Å². The van der Waals surface area contributed by atoms with Crippen molar-refractivity contribution in [3.05, 3.63) is 17.7 Å². The molecule has 3 nitrogen and oxygen atoms in total. The van der Waals surface area contributed by atoms with E-state index < -0.39 is 35.8 Å². The smallest absolute Gasteiger partial charge is 0.396 e. The maximum atomic E-state index is 13.0. The first-order valence-electron chi connectivity index (χ1n) is 5.26. The molecule has 1 unspecified atom stereocenters. The second kappa shape index (κ2) is 4.03. The first-order chi connectivity index (χ1) is 8.19. The van der Waals surface area contributed by atoms with Gasteiger partial charge < -0.3 is 5.73 Å². The van der Waals surface area contributed by atoms with Crippen molar-refractivity contribution in [3.8, 4) is 0 Å². The third kappa shape index (κ3) is 2.51. The summed E-state index contributed by atoms with van der Waals surface area (Å²) in [4.78, 5) is 6.93. The van der Waals surface area contributed by atoms with Gasteiger partial charge in [0.25, 0.3) is 0 Å². The Labute approximate surface area is 99.2 Å². The molecule has 1 atom stereocenters. The fourth-order valence-electron chi connectivity index (χ4n) is 2.00. The summed E-state index contributed by atoms with van der Waals surface area (Å²) in [6.45, 7) is 0. The number of aromatic nitrogens is 2. The SMILES string of the molecule is Nc1cnc(C2CCC(F)(F)C2)nc1C(F)(F)F. The highest BCUT2D eigenvalue weighted by Crippen LogP contribution is 2.43. The van der Waals surface area contributed by atoms with Crippen molar-refractivity contribution in [2.45, 2.75) is 37.3 Å². The van der Waals surface area contributed by atoms with E-state index in [1.807, 2.05) is 0 Å². The molecule has 1 heterocycles. The van der Waals surface area contributed by atoms with Crippen LogP contribution in [0.3, 0.4) is 0 Å². The largest absolute Gasteiger partial charge is 0.435 e. The van der Waals surface area contributed by atoms with Gasteiger partial charge in [-0.3, -0.25) is 0 Å². The summed E-state index contributed by atoms with van der Waals surface area (Å²) in [7, 11) is 0. The van der Waals surface area contributed by atoms with E-state index in [0.717, 1.165) is 6.20 Å². The average Bonchev–Trinajstić information content (AvgIpc) is 2.58. The number of alkyl halides is 5. The van der Waals surface area contributed by atoms with Crippen LogP contribution in [0, 0.1) is 0 Å². The number of nitrogens with two attached hydrogens (primary N) is 1. The molecule has 1 aromatic heterocycles. The van der Waals surface area contributed by atoms with Crippen molar-refractivity contribution in [1.29, 1.82) is 0 Å². The van der Waals surface area contributed by atoms with Gasteiger partial charge in [0.05, 0.1) is 11.9 Å². The Morgan fingerprint density at radius 1 is 1.33 bits per heavy atom. The van der Waals surface area contributed by atoms with Crippen molar-refractivity contribution < 1.29 is 22.0 Å². The average molecular weight is 267 g/mol. The van der Waals surface area contributed by atoms with Gasteiger partial charge in [0, 0.05) is 18.8 Å². The third-order valence-corrected chi connectivity index (χ3v) is 2.87. The molecule has 0 bridgehead atoms. The second-order valence-corrected chi connectivity index (χ2v) is 4.33. The molecule has 18 heavy (non-hydrogen) atoms. The zero-order chi connectivity index (χ0) is 13.6. The molecule has 0 spiro atoms. The Balaban J connectivity index is 2.31. The Bertz CT molecular complexity index is 457. The quantitative estimate of drug-likeness (QED) is 0.796. The normalized spacial score (nSPS) is 23.3. The highest BCUT2D eigenvalue weighted by Gasteiger charge is 2.42. The third-order valence-electron chi connectivity index (χ3n) is 2.87.